The monoisotopic (exact) mass is 253 g/mol. The van der Waals surface area contributed by atoms with Crippen molar-refractivity contribution in [3.05, 3.63) is 28.8 Å². The van der Waals surface area contributed by atoms with Crippen LogP contribution in [0.2, 0.25) is 0 Å². The summed E-state index contributed by atoms with van der Waals surface area (Å²) in [6.07, 6.45) is 1.18. The normalized spacial score (nSPS) is 12.1. The number of hydrogen-bond donors (Lipinski definition) is 4. The molecule has 0 aromatic heterocycles. The zero-order valence-corrected chi connectivity index (χ0v) is 9.67. The van der Waals surface area contributed by atoms with Gasteiger partial charge in [-0.3, -0.25) is 4.79 Å². The van der Waals surface area contributed by atoms with Crippen LogP contribution in [0.3, 0.4) is 0 Å². The first-order valence-corrected chi connectivity index (χ1v) is 5.43. The van der Waals surface area contributed by atoms with Gasteiger partial charge >= 0.3 is 5.97 Å². The van der Waals surface area contributed by atoms with Gasteiger partial charge in [-0.1, -0.05) is 0 Å². The number of benzene rings is 1. The molecule has 6 nitrogen and oxygen atoms in total. The average molecular weight is 253 g/mol. The molecular formula is C12H15NO5. The third kappa shape index (κ3) is 3.06. The molecule has 0 aliphatic carbocycles. The molecule has 0 saturated heterocycles. The third-order valence-electron chi connectivity index (χ3n) is 2.62. The van der Waals surface area contributed by atoms with Gasteiger partial charge in [-0.2, -0.15) is 0 Å². The highest BCUT2D eigenvalue weighted by molar-refractivity contribution is 5.92. The Morgan fingerprint density at radius 3 is 2.61 bits per heavy atom. The summed E-state index contributed by atoms with van der Waals surface area (Å²) in [6, 6.07) is 1.70. The smallest absolute Gasteiger partial charge is 0.335 e. The summed E-state index contributed by atoms with van der Waals surface area (Å²) >= 11 is 0. The second kappa shape index (κ2) is 6.13. The van der Waals surface area contributed by atoms with Crippen LogP contribution in [0.25, 0.3) is 0 Å². The van der Waals surface area contributed by atoms with Gasteiger partial charge in [0.2, 0.25) is 0 Å². The van der Waals surface area contributed by atoms with Gasteiger partial charge in [0.05, 0.1) is 11.1 Å². The molecule has 0 spiro atoms. The number of rotatable bonds is 6. The van der Waals surface area contributed by atoms with Crippen molar-refractivity contribution in [3.8, 4) is 5.75 Å². The van der Waals surface area contributed by atoms with Gasteiger partial charge in [-0.05, 0) is 25.0 Å². The van der Waals surface area contributed by atoms with E-state index in [0.29, 0.717) is 19.1 Å². The Hall–Kier alpha value is -1.92. The van der Waals surface area contributed by atoms with Crippen molar-refractivity contribution in [1.29, 1.82) is 0 Å². The van der Waals surface area contributed by atoms with E-state index in [4.69, 9.17) is 15.9 Å². The molecule has 1 aromatic rings. The van der Waals surface area contributed by atoms with E-state index < -0.39 is 12.0 Å². The maximum Gasteiger partial charge on any atom is 0.335 e. The van der Waals surface area contributed by atoms with Crippen molar-refractivity contribution in [1.82, 2.24) is 0 Å². The lowest BCUT2D eigenvalue weighted by atomic mass is 9.96. The van der Waals surface area contributed by atoms with Crippen LogP contribution in [0, 0.1) is 0 Å². The van der Waals surface area contributed by atoms with Gasteiger partial charge in [-0.25, -0.2) is 4.79 Å². The second-order valence-electron chi connectivity index (χ2n) is 3.90. The minimum Gasteiger partial charge on any atom is -0.507 e. The van der Waals surface area contributed by atoms with E-state index in [9.17, 15) is 14.7 Å². The highest BCUT2D eigenvalue weighted by Gasteiger charge is 2.17. The third-order valence-corrected chi connectivity index (χ3v) is 2.62. The van der Waals surface area contributed by atoms with Gasteiger partial charge < -0.3 is 21.1 Å². The number of carboxylic acid groups (broad SMARTS) is 1. The summed E-state index contributed by atoms with van der Waals surface area (Å²) in [5, 5.41) is 27.4. The second-order valence-corrected chi connectivity index (χ2v) is 3.90. The molecule has 0 aliphatic heterocycles. The Morgan fingerprint density at radius 1 is 1.44 bits per heavy atom. The number of carbonyl (C=O) groups excluding carboxylic acids is 1. The predicted molar refractivity (Wildman–Crippen MR) is 63.7 cm³/mol. The van der Waals surface area contributed by atoms with Crippen LogP contribution < -0.4 is 5.73 Å². The molecular weight excluding hydrogens is 238 g/mol. The summed E-state index contributed by atoms with van der Waals surface area (Å²) < 4.78 is 0. The molecule has 0 unspecified atom stereocenters. The molecule has 98 valence electrons. The molecule has 18 heavy (non-hydrogen) atoms. The zero-order valence-electron chi connectivity index (χ0n) is 9.67. The molecule has 1 rings (SSSR count). The quantitative estimate of drug-likeness (QED) is 0.553. The molecule has 0 heterocycles. The fraction of sp³-hybridized carbons (Fsp3) is 0.333. The van der Waals surface area contributed by atoms with Crippen LogP contribution in [0.15, 0.2) is 12.1 Å². The Bertz CT molecular complexity index is 458. The van der Waals surface area contributed by atoms with E-state index >= 15 is 0 Å². The number of carboxylic acids is 1. The van der Waals surface area contributed by atoms with Crippen molar-refractivity contribution in [2.75, 3.05) is 6.61 Å². The van der Waals surface area contributed by atoms with E-state index in [0.717, 1.165) is 6.07 Å². The number of aromatic carboxylic acids is 1. The maximum absolute atomic E-state index is 10.9. The van der Waals surface area contributed by atoms with Gasteiger partial charge in [0.1, 0.15) is 5.75 Å². The van der Waals surface area contributed by atoms with E-state index in [2.05, 4.69) is 0 Å². The minimum absolute atomic E-state index is 0.0480. The van der Waals surface area contributed by atoms with Crippen LogP contribution in [0.5, 0.6) is 5.75 Å². The molecule has 6 heteroatoms. The minimum atomic E-state index is -1.20. The van der Waals surface area contributed by atoms with Crippen molar-refractivity contribution in [3.63, 3.8) is 0 Å². The maximum atomic E-state index is 10.9. The molecule has 0 radical (unpaired) electrons. The highest BCUT2D eigenvalue weighted by atomic mass is 16.4. The van der Waals surface area contributed by atoms with Crippen molar-refractivity contribution >= 4 is 12.3 Å². The van der Waals surface area contributed by atoms with Crippen LogP contribution in [-0.2, 0) is 0 Å². The summed E-state index contributed by atoms with van der Waals surface area (Å²) in [5.41, 5.74) is 5.78. The molecule has 0 fully saturated rings. The topological polar surface area (TPSA) is 121 Å². The van der Waals surface area contributed by atoms with Gasteiger partial charge in [0, 0.05) is 18.2 Å². The van der Waals surface area contributed by atoms with Crippen molar-refractivity contribution in [2.45, 2.75) is 18.9 Å². The zero-order chi connectivity index (χ0) is 13.7. The lowest BCUT2D eigenvalue weighted by molar-refractivity contribution is 0.0696. The Kier molecular flexibility index (Phi) is 4.82. The summed E-state index contributed by atoms with van der Waals surface area (Å²) in [4.78, 5) is 21.6. The Labute approximate surface area is 104 Å². The number of carbonyl (C=O) groups is 2. The van der Waals surface area contributed by atoms with Crippen LogP contribution >= 0.6 is 0 Å². The molecule has 0 saturated carbocycles. The number of aliphatic hydroxyl groups excluding tert-OH is 1. The van der Waals surface area contributed by atoms with Crippen LogP contribution in [-0.4, -0.2) is 34.2 Å². The largest absolute Gasteiger partial charge is 0.507 e. The Balaban J connectivity index is 3.19. The van der Waals surface area contributed by atoms with E-state index in [1.54, 1.807) is 0 Å². The van der Waals surface area contributed by atoms with E-state index in [1.165, 1.54) is 6.07 Å². The lowest BCUT2D eigenvalue weighted by Crippen LogP contribution is -2.13. The van der Waals surface area contributed by atoms with Gasteiger partial charge in [-0.15, -0.1) is 0 Å². The number of aldehydes is 1. The standard InChI is InChI=1S/C12H15NO5/c13-10(2-1-3-14)9-5-7(12(17)18)4-8(6-15)11(9)16/h4-6,10,14,16H,1-3,13H2,(H,17,18)/t10-/m0/s1. The number of nitrogens with two attached hydrogens (primary N) is 1. The molecule has 0 amide bonds. The average Bonchev–Trinajstić information content (AvgIpc) is 2.35. The molecule has 1 atom stereocenters. The number of aliphatic hydroxyl groups is 1. The predicted octanol–water partition coefficient (Wildman–Crippen LogP) is 0.675. The van der Waals surface area contributed by atoms with Gasteiger partial charge in [0.25, 0.3) is 0 Å². The summed E-state index contributed by atoms with van der Waals surface area (Å²) in [6.45, 7) is -0.0480. The molecule has 0 bridgehead atoms. The SMILES string of the molecule is N[C@@H](CCCO)c1cc(C(=O)O)cc(C=O)c1O. The van der Waals surface area contributed by atoms with E-state index in [-0.39, 0.29) is 29.0 Å². The number of hydrogen-bond acceptors (Lipinski definition) is 5. The molecule has 5 N–H and O–H groups in total. The van der Waals surface area contributed by atoms with Gasteiger partial charge in [0.15, 0.2) is 6.29 Å². The first-order chi connectivity index (χ1) is 8.51. The van der Waals surface area contributed by atoms with Crippen molar-refractivity contribution < 1.29 is 24.9 Å². The highest BCUT2D eigenvalue weighted by Crippen LogP contribution is 2.29. The van der Waals surface area contributed by atoms with Crippen LogP contribution in [0.4, 0.5) is 0 Å². The number of phenolic OH excluding ortho intramolecular Hbond substituents is 1. The first kappa shape index (κ1) is 14.1. The summed E-state index contributed by atoms with van der Waals surface area (Å²) in [7, 11) is 0. The first-order valence-electron chi connectivity index (χ1n) is 5.43. The lowest BCUT2D eigenvalue weighted by Gasteiger charge is -2.15. The van der Waals surface area contributed by atoms with Crippen molar-refractivity contribution in [2.24, 2.45) is 5.73 Å². The number of phenols is 1. The fourth-order valence-electron chi connectivity index (χ4n) is 1.64. The fourth-order valence-corrected chi connectivity index (χ4v) is 1.64. The van der Waals surface area contributed by atoms with Crippen LogP contribution in [0.1, 0.15) is 45.2 Å². The summed E-state index contributed by atoms with van der Waals surface area (Å²) in [5.74, 6) is -1.51. The molecule has 1 aromatic carbocycles. The van der Waals surface area contributed by atoms with E-state index in [1.807, 2.05) is 0 Å². The molecule has 0 aliphatic rings. The Morgan fingerprint density at radius 2 is 2.11 bits per heavy atom. The number of aromatic hydroxyl groups is 1.